The van der Waals surface area contributed by atoms with E-state index in [4.69, 9.17) is 4.74 Å². The molecule has 0 aromatic heterocycles. The molecule has 0 radical (unpaired) electrons. The highest BCUT2D eigenvalue weighted by molar-refractivity contribution is 6.21. The Bertz CT molecular complexity index is 478. The van der Waals surface area contributed by atoms with Gasteiger partial charge in [0.25, 0.3) is 11.8 Å². The lowest BCUT2D eigenvalue weighted by Crippen LogP contribution is -2.48. The summed E-state index contributed by atoms with van der Waals surface area (Å²) < 4.78 is 5.21. The van der Waals surface area contributed by atoms with E-state index in [0.717, 1.165) is 0 Å². The topological polar surface area (TPSA) is 66.8 Å². The van der Waals surface area contributed by atoms with Crippen molar-refractivity contribution in [3.05, 3.63) is 35.4 Å². The fraction of sp³-hybridized carbons (Fsp3) is 0.385. The van der Waals surface area contributed by atoms with Crippen LogP contribution in [-0.2, 0) is 4.74 Å². The number of imide groups is 1. The maximum atomic E-state index is 12.2. The van der Waals surface area contributed by atoms with Crippen LogP contribution >= 0.6 is 0 Å². The molecular formula is C13H13NO4. The van der Waals surface area contributed by atoms with E-state index in [-0.39, 0.29) is 24.5 Å². The summed E-state index contributed by atoms with van der Waals surface area (Å²) in [4.78, 5) is 25.6. The van der Waals surface area contributed by atoms with Crippen LogP contribution in [0.3, 0.4) is 0 Å². The molecule has 2 atom stereocenters. The van der Waals surface area contributed by atoms with E-state index in [1.807, 2.05) is 0 Å². The molecule has 2 heterocycles. The van der Waals surface area contributed by atoms with Crippen LogP contribution in [0, 0.1) is 0 Å². The van der Waals surface area contributed by atoms with Crippen LogP contribution in [0.2, 0.25) is 0 Å². The molecule has 0 saturated carbocycles. The molecule has 3 rings (SSSR count). The van der Waals surface area contributed by atoms with Crippen molar-refractivity contribution in [1.82, 2.24) is 4.90 Å². The van der Waals surface area contributed by atoms with Crippen molar-refractivity contribution in [3.8, 4) is 0 Å². The van der Waals surface area contributed by atoms with Gasteiger partial charge in [0.15, 0.2) is 0 Å². The van der Waals surface area contributed by atoms with E-state index < -0.39 is 6.10 Å². The minimum absolute atomic E-state index is 0.264. The summed E-state index contributed by atoms with van der Waals surface area (Å²) in [5, 5.41) is 9.56. The molecule has 2 unspecified atom stereocenters. The Labute approximate surface area is 104 Å². The number of aliphatic hydroxyl groups is 1. The fourth-order valence-corrected chi connectivity index (χ4v) is 2.51. The molecule has 2 amide bonds. The van der Waals surface area contributed by atoms with Crippen LogP contribution in [0.1, 0.15) is 27.1 Å². The summed E-state index contributed by atoms with van der Waals surface area (Å²) in [6, 6.07) is 6.39. The van der Waals surface area contributed by atoms with Gasteiger partial charge in [0.2, 0.25) is 0 Å². The van der Waals surface area contributed by atoms with Crippen LogP contribution in [0.15, 0.2) is 24.3 Å². The molecule has 1 N–H and O–H groups in total. The highest BCUT2D eigenvalue weighted by atomic mass is 16.5. The van der Waals surface area contributed by atoms with Crippen molar-refractivity contribution < 1.29 is 19.4 Å². The molecule has 0 aliphatic carbocycles. The number of carbonyl (C=O) groups is 2. The predicted molar refractivity (Wildman–Crippen MR) is 62.2 cm³/mol. The maximum absolute atomic E-state index is 12.2. The average Bonchev–Trinajstić information content (AvgIpc) is 2.63. The lowest BCUT2D eigenvalue weighted by molar-refractivity contribution is -0.0421. The first-order valence-electron chi connectivity index (χ1n) is 5.91. The molecule has 18 heavy (non-hydrogen) atoms. The number of hydrogen-bond donors (Lipinski definition) is 1. The van der Waals surface area contributed by atoms with Crippen molar-refractivity contribution in [2.75, 3.05) is 13.2 Å². The second-order valence-electron chi connectivity index (χ2n) is 4.61. The molecule has 1 aromatic rings. The maximum Gasteiger partial charge on any atom is 0.261 e. The first-order chi connectivity index (χ1) is 8.68. The zero-order chi connectivity index (χ0) is 12.7. The second kappa shape index (κ2) is 4.19. The quantitative estimate of drug-likeness (QED) is 0.731. The molecule has 0 spiro atoms. The van der Waals surface area contributed by atoms with Gasteiger partial charge in [0.05, 0.1) is 36.5 Å². The molecule has 1 aromatic carbocycles. The number of aliphatic hydroxyl groups excluding tert-OH is 1. The monoisotopic (exact) mass is 247 g/mol. The first kappa shape index (κ1) is 11.4. The van der Waals surface area contributed by atoms with Crippen LogP contribution < -0.4 is 0 Å². The first-order valence-corrected chi connectivity index (χ1v) is 5.91. The number of rotatable bonds is 1. The summed E-state index contributed by atoms with van der Waals surface area (Å²) in [7, 11) is 0. The standard InChI is InChI=1S/C13H13NO4/c15-9-5-8(6-18-7-9)14-12(16)10-3-1-2-4-11(10)13(14)17/h1-4,8-9,15H,5-7H2. The van der Waals surface area contributed by atoms with E-state index in [1.54, 1.807) is 24.3 Å². The van der Waals surface area contributed by atoms with Crippen LogP contribution in [0.25, 0.3) is 0 Å². The molecule has 5 nitrogen and oxygen atoms in total. The number of amides is 2. The minimum Gasteiger partial charge on any atom is -0.391 e. The molecule has 1 fully saturated rings. The van der Waals surface area contributed by atoms with Crippen molar-refractivity contribution in [3.63, 3.8) is 0 Å². The number of benzene rings is 1. The van der Waals surface area contributed by atoms with Gasteiger partial charge in [-0.3, -0.25) is 14.5 Å². The van der Waals surface area contributed by atoms with Crippen LogP contribution in [0.4, 0.5) is 0 Å². The van der Waals surface area contributed by atoms with Crippen LogP contribution in [0.5, 0.6) is 0 Å². The smallest absolute Gasteiger partial charge is 0.261 e. The van der Waals surface area contributed by atoms with Gasteiger partial charge in [-0.05, 0) is 18.6 Å². The molecule has 5 heteroatoms. The summed E-state index contributed by atoms with van der Waals surface area (Å²) >= 11 is 0. The van der Waals surface area contributed by atoms with Gasteiger partial charge in [-0.25, -0.2) is 0 Å². The second-order valence-corrected chi connectivity index (χ2v) is 4.61. The average molecular weight is 247 g/mol. The summed E-state index contributed by atoms with van der Waals surface area (Å²) in [5.41, 5.74) is 0.866. The Hall–Kier alpha value is -1.72. The minimum atomic E-state index is -0.618. The van der Waals surface area contributed by atoms with Gasteiger partial charge in [0.1, 0.15) is 0 Å². The summed E-state index contributed by atoms with van der Waals surface area (Å²) in [6.07, 6.45) is -0.237. The Balaban J connectivity index is 1.92. The predicted octanol–water partition coefficient (Wildman–Crippen LogP) is 0.432. The van der Waals surface area contributed by atoms with Crippen LogP contribution in [-0.4, -0.2) is 47.2 Å². The number of nitrogens with zero attached hydrogens (tertiary/aromatic N) is 1. The largest absolute Gasteiger partial charge is 0.391 e. The van der Waals surface area contributed by atoms with E-state index in [0.29, 0.717) is 24.2 Å². The van der Waals surface area contributed by atoms with E-state index in [2.05, 4.69) is 0 Å². The van der Waals surface area contributed by atoms with E-state index in [1.165, 1.54) is 4.90 Å². The van der Waals surface area contributed by atoms with Gasteiger partial charge in [-0.1, -0.05) is 12.1 Å². The Morgan fingerprint density at radius 2 is 1.72 bits per heavy atom. The third-order valence-corrected chi connectivity index (χ3v) is 3.36. The van der Waals surface area contributed by atoms with Crippen molar-refractivity contribution in [1.29, 1.82) is 0 Å². The number of fused-ring (bicyclic) bond motifs is 1. The summed E-state index contributed by atoms with van der Waals surface area (Å²) in [5.74, 6) is -0.586. The van der Waals surface area contributed by atoms with Gasteiger partial charge in [0, 0.05) is 0 Å². The zero-order valence-electron chi connectivity index (χ0n) is 9.70. The SMILES string of the molecule is O=C1c2ccccc2C(=O)N1C1COCC(O)C1. The molecular weight excluding hydrogens is 234 g/mol. The third-order valence-electron chi connectivity index (χ3n) is 3.36. The number of ether oxygens (including phenoxy) is 1. The van der Waals surface area contributed by atoms with Crippen molar-refractivity contribution in [2.45, 2.75) is 18.6 Å². The normalized spacial score (nSPS) is 27.5. The Morgan fingerprint density at radius 1 is 1.11 bits per heavy atom. The molecule has 2 aliphatic heterocycles. The lowest BCUT2D eigenvalue weighted by Gasteiger charge is -2.31. The Morgan fingerprint density at radius 3 is 2.28 bits per heavy atom. The molecule has 2 aliphatic rings. The number of carbonyl (C=O) groups excluding carboxylic acids is 2. The van der Waals surface area contributed by atoms with E-state index >= 15 is 0 Å². The number of hydrogen-bond acceptors (Lipinski definition) is 4. The molecule has 0 bridgehead atoms. The fourth-order valence-electron chi connectivity index (χ4n) is 2.51. The molecule has 1 saturated heterocycles. The Kier molecular flexibility index (Phi) is 2.65. The van der Waals surface area contributed by atoms with Crippen molar-refractivity contribution >= 4 is 11.8 Å². The highest BCUT2D eigenvalue weighted by Crippen LogP contribution is 2.27. The van der Waals surface area contributed by atoms with Gasteiger partial charge >= 0.3 is 0 Å². The van der Waals surface area contributed by atoms with E-state index in [9.17, 15) is 14.7 Å². The third kappa shape index (κ3) is 1.63. The molecule has 94 valence electrons. The zero-order valence-corrected chi connectivity index (χ0v) is 9.70. The van der Waals surface area contributed by atoms with Gasteiger partial charge < -0.3 is 9.84 Å². The van der Waals surface area contributed by atoms with Crippen molar-refractivity contribution in [2.24, 2.45) is 0 Å². The highest BCUT2D eigenvalue weighted by Gasteiger charge is 2.41. The summed E-state index contributed by atoms with van der Waals surface area (Å²) in [6.45, 7) is 0.558. The van der Waals surface area contributed by atoms with Gasteiger partial charge in [-0.15, -0.1) is 0 Å². The van der Waals surface area contributed by atoms with Gasteiger partial charge in [-0.2, -0.15) is 0 Å². The lowest BCUT2D eigenvalue weighted by atomic mass is 10.1.